The van der Waals surface area contributed by atoms with Gasteiger partial charge in [-0.3, -0.25) is 4.79 Å². The van der Waals surface area contributed by atoms with Gasteiger partial charge in [0.2, 0.25) is 5.91 Å². The van der Waals surface area contributed by atoms with E-state index in [0.29, 0.717) is 12.2 Å². The van der Waals surface area contributed by atoms with Crippen LogP contribution in [0.5, 0.6) is 0 Å². The fraction of sp³-hybridized carbons (Fsp3) is 0.467. The number of anilines is 1. The predicted molar refractivity (Wildman–Crippen MR) is 74.5 cm³/mol. The largest absolute Gasteiger partial charge is 0.324 e. The maximum atomic E-state index is 13.1. The Balaban J connectivity index is 2.26. The highest BCUT2D eigenvalue weighted by molar-refractivity contribution is 5.97. The molecule has 1 atom stereocenters. The second kappa shape index (κ2) is 5.59. The van der Waals surface area contributed by atoms with E-state index in [4.69, 9.17) is 5.26 Å². The Bertz CT molecular complexity index is 557. The van der Waals surface area contributed by atoms with E-state index in [9.17, 15) is 9.18 Å². The van der Waals surface area contributed by atoms with Crippen molar-refractivity contribution in [2.75, 3.05) is 18.4 Å². The van der Waals surface area contributed by atoms with Crippen LogP contribution >= 0.6 is 0 Å². The highest BCUT2D eigenvalue weighted by atomic mass is 19.1. The zero-order valence-electron chi connectivity index (χ0n) is 11.7. The van der Waals surface area contributed by atoms with Gasteiger partial charge in [-0.2, -0.15) is 5.26 Å². The maximum absolute atomic E-state index is 13.1. The van der Waals surface area contributed by atoms with Gasteiger partial charge in [-0.15, -0.1) is 0 Å². The third-order valence-corrected chi connectivity index (χ3v) is 4.10. The first-order valence-corrected chi connectivity index (χ1v) is 6.71. The summed E-state index contributed by atoms with van der Waals surface area (Å²) in [5.74, 6) is -0.412. The van der Waals surface area contributed by atoms with E-state index in [1.54, 1.807) is 0 Å². The summed E-state index contributed by atoms with van der Waals surface area (Å²) >= 11 is 0. The molecule has 2 rings (SSSR count). The van der Waals surface area contributed by atoms with Crippen LogP contribution in [0.3, 0.4) is 0 Å². The van der Waals surface area contributed by atoms with Gasteiger partial charge in [0.15, 0.2) is 0 Å². The van der Waals surface area contributed by atoms with Gasteiger partial charge in [0.25, 0.3) is 0 Å². The number of hydrogen-bond acceptors (Lipinski definition) is 3. The third kappa shape index (κ3) is 2.52. The van der Waals surface area contributed by atoms with E-state index >= 15 is 0 Å². The van der Waals surface area contributed by atoms with Crippen LogP contribution < -0.4 is 10.6 Å². The van der Waals surface area contributed by atoms with Crippen LogP contribution in [0.15, 0.2) is 18.2 Å². The van der Waals surface area contributed by atoms with Crippen LogP contribution in [0.4, 0.5) is 10.1 Å². The molecule has 1 aromatic rings. The Morgan fingerprint density at radius 1 is 1.55 bits per heavy atom. The van der Waals surface area contributed by atoms with E-state index in [0.717, 1.165) is 19.0 Å². The number of amides is 1. The molecule has 5 heteroatoms. The smallest absolute Gasteiger partial charge is 0.232 e. The Morgan fingerprint density at radius 3 is 2.85 bits per heavy atom. The molecule has 0 radical (unpaired) electrons. The van der Waals surface area contributed by atoms with Gasteiger partial charge in [0.05, 0.1) is 16.7 Å². The van der Waals surface area contributed by atoms with E-state index < -0.39 is 11.2 Å². The summed E-state index contributed by atoms with van der Waals surface area (Å²) in [6.07, 6.45) is 0.763. The van der Waals surface area contributed by atoms with Crippen molar-refractivity contribution in [3.8, 4) is 6.07 Å². The normalized spacial score (nSPS) is 21.8. The summed E-state index contributed by atoms with van der Waals surface area (Å²) in [7, 11) is 0. The highest BCUT2D eigenvalue weighted by Gasteiger charge is 2.44. The lowest BCUT2D eigenvalue weighted by Gasteiger charge is -2.31. The van der Waals surface area contributed by atoms with Gasteiger partial charge in [0, 0.05) is 6.54 Å². The minimum atomic E-state index is -0.486. The number of nitrogens with zero attached hydrogens (tertiary/aromatic N) is 1. The summed E-state index contributed by atoms with van der Waals surface area (Å²) in [6.45, 7) is 5.46. The Hall–Kier alpha value is -1.93. The van der Waals surface area contributed by atoms with Gasteiger partial charge < -0.3 is 10.6 Å². The van der Waals surface area contributed by atoms with Crippen LogP contribution in [0.2, 0.25) is 0 Å². The van der Waals surface area contributed by atoms with Crippen LogP contribution in [-0.4, -0.2) is 19.0 Å². The number of halogens is 1. The first-order chi connectivity index (χ1) is 9.49. The van der Waals surface area contributed by atoms with Crippen molar-refractivity contribution in [2.45, 2.75) is 20.3 Å². The molecule has 1 amide bonds. The van der Waals surface area contributed by atoms with E-state index in [-0.39, 0.29) is 17.4 Å². The van der Waals surface area contributed by atoms with Crippen LogP contribution in [0.1, 0.15) is 25.8 Å². The summed E-state index contributed by atoms with van der Waals surface area (Å²) in [4.78, 5) is 12.6. The lowest BCUT2D eigenvalue weighted by atomic mass is 9.75. The molecule has 1 aromatic carbocycles. The second-order valence-corrected chi connectivity index (χ2v) is 5.49. The first kappa shape index (κ1) is 14.5. The van der Waals surface area contributed by atoms with E-state index in [2.05, 4.69) is 10.6 Å². The number of nitriles is 1. The number of carbonyl (C=O) groups is 1. The Morgan fingerprint density at radius 2 is 2.30 bits per heavy atom. The van der Waals surface area contributed by atoms with Gasteiger partial charge in [-0.05, 0) is 37.1 Å². The van der Waals surface area contributed by atoms with Crippen molar-refractivity contribution < 1.29 is 9.18 Å². The second-order valence-electron chi connectivity index (χ2n) is 5.49. The molecule has 0 aliphatic carbocycles. The average molecular weight is 275 g/mol. The molecule has 106 valence electrons. The molecule has 0 saturated carbocycles. The van der Waals surface area contributed by atoms with Crippen molar-refractivity contribution in [1.82, 2.24) is 5.32 Å². The zero-order valence-corrected chi connectivity index (χ0v) is 11.7. The summed E-state index contributed by atoms with van der Waals surface area (Å²) in [6, 6.07) is 5.71. The number of rotatable bonds is 3. The van der Waals surface area contributed by atoms with E-state index in [1.165, 1.54) is 12.1 Å². The van der Waals surface area contributed by atoms with Crippen LogP contribution in [0, 0.1) is 28.5 Å². The lowest BCUT2D eigenvalue weighted by molar-refractivity contribution is -0.126. The fourth-order valence-electron chi connectivity index (χ4n) is 2.62. The molecule has 2 N–H and O–H groups in total. The van der Waals surface area contributed by atoms with Crippen molar-refractivity contribution in [3.05, 3.63) is 29.6 Å². The van der Waals surface area contributed by atoms with Gasteiger partial charge in [0.1, 0.15) is 11.9 Å². The van der Waals surface area contributed by atoms with Gasteiger partial charge in [-0.25, -0.2) is 4.39 Å². The van der Waals surface area contributed by atoms with Crippen LogP contribution in [-0.2, 0) is 4.79 Å². The molecule has 1 unspecified atom stereocenters. The summed E-state index contributed by atoms with van der Waals surface area (Å²) < 4.78 is 13.1. The van der Waals surface area contributed by atoms with Crippen molar-refractivity contribution in [1.29, 1.82) is 5.26 Å². The molecular formula is C15H18FN3O. The Labute approximate surface area is 118 Å². The molecule has 4 nitrogen and oxygen atoms in total. The van der Waals surface area contributed by atoms with Crippen LogP contribution in [0.25, 0.3) is 0 Å². The lowest BCUT2D eigenvalue weighted by Crippen LogP contribution is -2.42. The third-order valence-electron chi connectivity index (χ3n) is 4.10. The SMILES string of the molecule is CC(C)C1(C(=O)Nc2ccc(F)cc2C#N)CCNC1. The number of nitrogens with one attached hydrogen (secondary N) is 2. The average Bonchev–Trinajstić information content (AvgIpc) is 2.91. The molecular weight excluding hydrogens is 257 g/mol. The molecule has 0 spiro atoms. The Kier molecular flexibility index (Phi) is 4.05. The van der Waals surface area contributed by atoms with E-state index in [1.807, 2.05) is 19.9 Å². The molecule has 1 fully saturated rings. The minimum absolute atomic E-state index is 0.111. The molecule has 0 bridgehead atoms. The van der Waals surface area contributed by atoms with Crippen molar-refractivity contribution in [3.63, 3.8) is 0 Å². The summed E-state index contributed by atoms with van der Waals surface area (Å²) in [5, 5.41) is 15.0. The van der Waals surface area contributed by atoms with Gasteiger partial charge >= 0.3 is 0 Å². The maximum Gasteiger partial charge on any atom is 0.232 e. The number of hydrogen-bond donors (Lipinski definition) is 2. The van der Waals surface area contributed by atoms with Crippen molar-refractivity contribution in [2.24, 2.45) is 11.3 Å². The van der Waals surface area contributed by atoms with Gasteiger partial charge in [-0.1, -0.05) is 13.8 Å². The first-order valence-electron chi connectivity index (χ1n) is 6.71. The number of benzene rings is 1. The quantitative estimate of drug-likeness (QED) is 0.889. The minimum Gasteiger partial charge on any atom is -0.324 e. The molecule has 1 aliphatic heterocycles. The predicted octanol–water partition coefficient (Wildman–Crippen LogP) is 2.27. The molecule has 20 heavy (non-hydrogen) atoms. The molecule has 1 heterocycles. The monoisotopic (exact) mass is 275 g/mol. The molecule has 1 aliphatic rings. The molecule has 0 aromatic heterocycles. The number of carbonyl (C=O) groups excluding carboxylic acids is 1. The fourth-order valence-corrected chi connectivity index (χ4v) is 2.62. The topological polar surface area (TPSA) is 64.9 Å². The highest BCUT2D eigenvalue weighted by Crippen LogP contribution is 2.35. The van der Waals surface area contributed by atoms with Crippen molar-refractivity contribution >= 4 is 11.6 Å². The molecule has 1 saturated heterocycles. The summed E-state index contributed by atoms with van der Waals surface area (Å²) in [5.41, 5.74) is 0.0372. The zero-order chi connectivity index (χ0) is 14.8. The standard InChI is InChI=1S/C15H18FN3O/c1-10(2)15(5-6-18-9-15)14(20)19-13-4-3-12(16)7-11(13)8-17/h3-4,7,10,18H,5-6,9H2,1-2H3,(H,19,20).